The summed E-state index contributed by atoms with van der Waals surface area (Å²) >= 11 is 2.17. The highest BCUT2D eigenvalue weighted by Gasteiger charge is 2.09. The number of aromatic hydroxyl groups is 1. The number of nitrogens with one attached hydrogen (secondary N) is 1. The number of hydrogen-bond donors (Lipinski definition) is 2. The van der Waals surface area contributed by atoms with Gasteiger partial charge >= 0.3 is 0 Å². The lowest BCUT2D eigenvalue weighted by Crippen LogP contribution is -2.22. The summed E-state index contributed by atoms with van der Waals surface area (Å²) in [6, 6.07) is 3.45. The lowest BCUT2D eigenvalue weighted by atomic mass is 10.0. The zero-order valence-corrected chi connectivity index (χ0v) is 24.8. The van der Waals surface area contributed by atoms with Crippen LogP contribution in [0.3, 0.4) is 0 Å². The summed E-state index contributed by atoms with van der Waals surface area (Å²) in [6.07, 6.45) is 26.4. The van der Waals surface area contributed by atoms with E-state index in [1.807, 2.05) is 0 Å². The summed E-state index contributed by atoms with van der Waals surface area (Å²) in [4.78, 5) is 12.1. The van der Waals surface area contributed by atoms with Gasteiger partial charge in [0.25, 0.3) is 0 Å². The number of phenolic OH excluding ortho intramolecular Hbond substituents is 1. The van der Waals surface area contributed by atoms with Gasteiger partial charge in [-0.3, -0.25) is 4.79 Å². The maximum atomic E-state index is 12.1. The predicted molar refractivity (Wildman–Crippen MR) is 157 cm³/mol. The molecule has 5 heteroatoms. The fourth-order valence-electron chi connectivity index (χ4n) is 4.53. The SMILES string of the molecule is CCCCCCCCCCCCCCCCCCCCCC(=O)NCc1cc(OC)c(O)cc1I. The number of benzene rings is 1. The molecule has 0 aliphatic rings. The highest BCUT2D eigenvalue weighted by atomic mass is 127. The van der Waals surface area contributed by atoms with E-state index < -0.39 is 0 Å². The first-order valence-corrected chi connectivity index (χ1v) is 15.5. The van der Waals surface area contributed by atoms with Crippen LogP contribution in [0.25, 0.3) is 0 Å². The molecule has 202 valence electrons. The molecule has 0 bridgehead atoms. The van der Waals surface area contributed by atoms with Crippen LogP contribution in [-0.4, -0.2) is 18.1 Å². The lowest BCUT2D eigenvalue weighted by molar-refractivity contribution is -0.121. The standard InChI is InChI=1S/C30H52INO3/c1-3-4-5-6-7-8-9-10-11-12-13-14-15-16-17-18-19-20-21-22-30(34)32-25-26-23-29(35-2)28(33)24-27(26)31/h23-24,33H,3-22,25H2,1-2H3,(H,32,34). The molecule has 4 nitrogen and oxygen atoms in total. The number of carbonyl (C=O) groups is 1. The van der Waals surface area contributed by atoms with Crippen LogP contribution in [-0.2, 0) is 11.3 Å². The Bertz CT molecular complexity index is 665. The van der Waals surface area contributed by atoms with E-state index in [1.165, 1.54) is 116 Å². The number of ether oxygens (including phenoxy) is 1. The maximum absolute atomic E-state index is 12.1. The molecule has 35 heavy (non-hydrogen) atoms. The smallest absolute Gasteiger partial charge is 0.220 e. The molecule has 0 aliphatic heterocycles. The third-order valence-corrected chi connectivity index (χ3v) is 7.84. The van der Waals surface area contributed by atoms with Gasteiger partial charge in [0.1, 0.15) is 0 Å². The molecule has 1 amide bonds. The molecule has 0 unspecified atom stereocenters. The Morgan fingerprint density at radius 2 is 1.20 bits per heavy atom. The van der Waals surface area contributed by atoms with E-state index in [0.717, 1.165) is 22.0 Å². The van der Waals surface area contributed by atoms with E-state index in [4.69, 9.17) is 4.74 Å². The van der Waals surface area contributed by atoms with Gasteiger partial charge in [0.15, 0.2) is 11.5 Å². The normalized spacial score (nSPS) is 11.1. The van der Waals surface area contributed by atoms with Gasteiger partial charge in [-0.05, 0) is 46.7 Å². The van der Waals surface area contributed by atoms with E-state index in [-0.39, 0.29) is 11.7 Å². The molecule has 2 N–H and O–H groups in total. The Morgan fingerprint density at radius 1 is 0.771 bits per heavy atom. The van der Waals surface area contributed by atoms with Crippen molar-refractivity contribution in [1.29, 1.82) is 0 Å². The van der Waals surface area contributed by atoms with Gasteiger partial charge in [0, 0.05) is 16.5 Å². The van der Waals surface area contributed by atoms with Crippen molar-refractivity contribution in [1.82, 2.24) is 5.32 Å². The highest BCUT2D eigenvalue weighted by molar-refractivity contribution is 14.1. The summed E-state index contributed by atoms with van der Waals surface area (Å²) in [7, 11) is 1.53. The Kier molecular flexibility index (Phi) is 20.4. The molecule has 1 aromatic carbocycles. The number of unbranched alkanes of at least 4 members (excludes halogenated alkanes) is 18. The number of amides is 1. The minimum Gasteiger partial charge on any atom is -0.504 e. The molecule has 1 aromatic rings. The minimum absolute atomic E-state index is 0.0971. The van der Waals surface area contributed by atoms with E-state index in [0.29, 0.717) is 18.7 Å². The van der Waals surface area contributed by atoms with Gasteiger partial charge in [0.2, 0.25) is 5.91 Å². The molecule has 0 saturated carbocycles. The summed E-state index contributed by atoms with van der Waals surface area (Å²) < 4.78 is 6.07. The number of halogens is 1. The fraction of sp³-hybridized carbons (Fsp3) is 0.767. The molecule has 0 spiro atoms. The second kappa shape index (κ2) is 22.2. The molecule has 0 aliphatic carbocycles. The molecule has 0 saturated heterocycles. The van der Waals surface area contributed by atoms with Crippen LogP contribution in [0, 0.1) is 3.57 Å². The van der Waals surface area contributed by atoms with Crippen LogP contribution in [0.5, 0.6) is 11.5 Å². The highest BCUT2D eigenvalue weighted by Crippen LogP contribution is 2.30. The summed E-state index contributed by atoms with van der Waals surface area (Å²) in [5.41, 5.74) is 0.960. The summed E-state index contributed by atoms with van der Waals surface area (Å²) in [6.45, 7) is 2.75. The lowest BCUT2D eigenvalue weighted by Gasteiger charge is -2.10. The van der Waals surface area contributed by atoms with Gasteiger partial charge in [-0.1, -0.05) is 122 Å². The topological polar surface area (TPSA) is 58.6 Å². The molecule has 0 heterocycles. The van der Waals surface area contributed by atoms with Crippen LogP contribution >= 0.6 is 22.6 Å². The first kappa shape index (κ1) is 32.0. The Balaban J connectivity index is 1.86. The van der Waals surface area contributed by atoms with Gasteiger partial charge < -0.3 is 15.2 Å². The summed E-state index contributed by atoms with van der Waals surface area (Å²) in [5, 5.41) is 12.8. The van der Waals surface area contributed by atoms with Crippen molar-refractivity contribution in [3.8, 4) is 11.5 Å². The molecule has 0 atom stereocenters. The van der Waals surface area contributed by atoms with Gasteiger partial charge in [0.05, 0.1) is 7.11 Å². The predicted octanol–water partition coefficient (Wildman–Crippen LogP) is 9.44. The van der Waals surface area contributed by atoms with Gasteiger partial charge in [-0.2, -0.15) is 0 Å². The van der Waals surface area contributed by atoms with Crippen molar-refractivity contribution in [3.05, 3.63) is 21.3 Å². The zero-order valence-electron chi connectivity index (χ0n) is 22.6. The third kappa shape index (κ3) is 17.2. The maximum Gasteiger partial charge on any atom is 0.220 e. The van der Waals surface area contributed by atoms with E-state index in [1.54, 1.807) is 12.1 Å². The van der Waals surface area contributed by atoms with Crippen LogP contribution < -0.4 is 10.1 Å². The van der Waals surface area contributed by atoms with E-state index in [9.17, 15) is 9.90 Å². The van der Waals surface area contributed by atoms with Crippen LogP contribution in [0.4, 0.5) is 0 Å². The zero-order chi connectivity index (χ0) is 25.6. The average molecular weight is 602 g/mol. The Morgan fingerprint density at radius 3 is 1.63 bits per heavy atom. The fourth-order valence-corrected chi connectivity index (χ4v) is 5.17. The molecule has 0 aromatic heterocycles. The number of methoxy groups -OCH3 is 1. The second-order valence-electron chi connectivity index (χ2n) is 10.0. The Hall–Kier alpha value is -0.980. The molecule has 1 rings (SSSR count). The van der Waals surface area contributed by atoms with Crippen molar-refractivity contribution in [2.24, 2.45) is 0 Å². The molecule has 0 radical (unpaired) electrons. The van der Waals surface area contributed by atoms with Crippen molar-refractivity contribution < 1.29 is 14.6 Å². The minimum atomic E-state index is 0.0971. The van der Waals surface area contributed by atoms with Crippen LogP contribution in [0.1, 0.15) is 141 Å². The molecular formula is C30H52INO3. The summed E-state index contributed by atoms with van der Waals surface area (Å²) in [5.74, 6) is 0.661. The number of rotatable bonds is 23. The van der Waals surface area contributed by atoms with Crippen molar-refractivity contribution >= 4 is 28.5 Å². The first-order chi connectivity index (χ1) is 17.1. The van der Waals surface area contributed by atoms with Crippen molar-refractivity contribution in [2.45, 2.75) is 142 Å². The van der Waals surface area contributed by atoms with Gasteiger partial charge in [-0.25, -0.2) is 0 Å². The first-order valence-electron chi connectivity index (χ1n) is 14.4. The van der Waals surface area contributed by atoms with Crippen molar-refractivity contribution in [3.63, 3.8) is 0 Å². The second-order valence-corrected chi connectivity index (χ2v) is 11.2. The number of carbonyl (C=O) groups excluding carboxylic acids is 1. The molecular weight excluding hydrogens is 549 g/mol. The Labute approximate surface area is 229 Å². The largest absolute Gasteiger partial charge is 0.504 e. The number of hydrogen-bond acceptors (Lipinski definition) is 3. The van der Waals surface area contributed by atoms with Crippen LogP contribution in [0.2, 0.25) is 0 Å². The third-order valence-electron chi connectivity index (χ3n) is 6.83. The van der Waals surface area contributed by atoms with Crippen LogP contribution in [0.15, 0.2) is 12.1 Å². The molecule has 0 fully saturated rings. The average Bonchev–Trinajstić information content (AvgIpc) is 2.85. The van der Waals surface area contributed by atoms with E-state index in [2.05, 4.69) is 34.8 Å². The monoisotopic (exact) mass is 601 g/mol. The number of phenols is 1. The van der Waals surface area contributed by atoms with E-state index >= 15 is 0 Å². The quantitative estimate of drug-likeness (QED) is 0.0971. The van der Waals surface area contributed by atoms with Gasteiger partial charge in [-0.15, -0.1) is 0 Å². The van der Waals surface area contributed by atoms with Crippen molar-refractivity contribution in [2.75, 3.05) is 7.11 Å².